The van der Waals surface area contributed by atoms with Gasteiger partial charge in [0, 0.05) is 31.4 Å². The molecule has 6 heteroatoms. The van der Waals surface area contributed by atoms with Crippen LogP contribution >= 0.6 is 0 Å². The second kappa shape index (κ2) is 5.47. The molecule has 0 aliphatic heterocycles. The molecule has 1 aromatic heterocycles. The van der Waals surface area contributed by atoms with Crippen molar-refractivity contribution in [1.82, 2.24) is 10.3 Å². The van der Waals surface area contributed by atoms with E-state index < -0.39 is 11.7 Å². The van der Waals surface area contributed by atoms with Gasteiger partial charge in [-0.15, -0.1) is 0 Å². The van der Waals surface area contributed by atoms with Gasteiger partial charge in [-0.1, -0.05) is 12.2 Å². The van der Waals surface area contributed by atoms with E-state index in [1.54, 1.807) is 0 Å². The Bertz CT molecular complexity index is 427. The lowest BCUT2D eigenvalue weighted by atomic mass is 10.1. The Kier molecular flexibility index (Phi) is 4.25. The first-order chi connectivity index (χ1) is 7.91. The highest BCUT2D eigenvalue weighted by Crippen LogP contribution is 2.31. The molecule has 0 spiro atoms. The third kappa shape index (κ3) is 4.26. The van der Waals surface area contributed by atoms with Crippen molar-refractivity contribution in [2.24, 2.45) is 0 Å². The van der Waals surface area contributed by atoms with Crippen LogP contribution in [0.2, 0.25) is 0 Å². The predicted molar refractivity (Wildman–Crippen MR) is 57.0 cm³/mol. The molecule has 0 bridgehead atoms. The van der Waals surface area contributed by atoms with E-state index in [2.05, 4.69) is 10.3 Å². The van der Waals surface area contributed by atoms with Gasteiger partial charge in [0.2, 0.25) is 5.91 Å². The van der Waals surface area contributed by atoms with Crippen LogP contribution in [0.5, 0.6) is 0 Å². The van der Waals surface area contributed by atoms with Gasteiger partial charge in [-0.3, -0.25) is 9.78 Å². The van der Waals surface area contributed by atoms with Crippen LogP contribution in [0.4, 0.5) is 13.2 Å². The fraction of sp³-hybridized carbons (Fsp3) is 0.273. The Morgan fingerprint density at radius 2 is 2.24 bits per heavy atom. The summed E-state index contributed by atoms with van der Waals surface area (Å²) in [6.07, 6.45) is 0.539. The fourth-order valence-electron chi connectivity index (χ4n) is 1.19. The maximum atomic E-state index is 12.6. The molecule has 0 fully saturated rings. The first kappa shape index (κ1) is 13.2. The summed E-state index contributed by atoms with van der Waals surface area (Å²) < 4.78 is 37.7. The van der Waals surface area contributed by atoms with Gasteiger partial charge in [0.1, 0.15) is 0 Å². The van der Waals surface area contributed by atoms with Crippen LogP contribution < -0.4 is 5.32 Å². The minimum Gasteiger partial charge on any atom is -0.353 e. The van der Waals surface area contributed by atoms with E-state index in [4.69, 9.17) is 0 Å². The molecule has 92 valence electrons. The molecule has 0 aromatic carbocycles. The first-order valence-electron chi connectivity index (χ1n) is 4.83. The van der Waals surface area contributed by atoms with E-state index in [0.717, 1.165) is 18.5 Å². The number of hydrogen-bond acceptors (Lipinski definition) is 2. The molecular formula is C11H11F3N2O. The van der Waals surface area contributed by atoms with Crippen molar-refractivity contribution in [3.8, 4) is 0 Å². The van der Waals surface area contributed by atoms with E-state index in [1.807, 2.05) is 0 Å². The molecule has 0 aliphatic rings. The summed E-state index contributed by atoms with van der Waals surface area (Å²) in [5.41, 5.74) is -0.767. The van der Waals surface area contributed by atoms with Crippen LogP contribution in [-0.4, -0.2) is 17.4 Å². The van der Waals surface area contributed by atoms with Crippen molar-refractivity contribution in [2.45, 2.75) is 13.1 Å². The number of halogens is 3. The molecule has 0 atom stereocenters. The summed E-state index contributed by atoms with van der Waals surface area (Å²) in [5, 5.41) is 2.45. The molecule has 0 radical (unpaired) electrons. The fourth-order valence-corrected chi connectivity index (χ4v) is 1.19. The van der Waals surface area contributed by atoms with Gasteiger partial charge < -0.3 is 5.32 Å². The number of hydrogen-bond donors (Lipinski definition) is 1. The van der Waals surface area contributed by atoms with Crippen LogP contribution in [0.25, 0.3) is 6.08 Å². The van der Waals surface area contributed by atoms with Crippen LogP contribution in [0.15, 0.2) is 24.5 Å². The van der Waals surface area contributed by atoms with E-state index in [-0.39, 0.29) is 18.0 Å². The molecule has 1 N–H and O–H groups in total. The predicted octanol–water partition coefficient (Wildman–Crippen LogP) is 2.25. The number of rotatable bonds is 3. The van der Waals surface area contributed by atoms with Crippen LogP contribution in [-0.2, 0) is 11.0 Å². The van der Waals surface area contributed by atoms with Gasteiger partial charge >= 0.3 is 6.18 Å². The average Bonchev–Trinajstić information content (AvgIpc) is 2.23. The molecule has 0 saturated heterocycles. The molecule has 1 aromatic rings. The molecule has 1 heterocycles. The lowest BCUT2D eigenvalue weighted by Crippen LogP contribution is -2.19. The van der Waals surface area contributed by atoms with Gasteiger partial charge in [0.25, 0.3) is 0 Å². The molecule has 17 heavy (non-hydrogen) atoms. The number of amides is 1. The zero-order valence-corrected chi connectivity index (χ0v) is 9.08. The Morgan fingerprint density at radius 3 is 2.82 bits per heavy atom. The number of carbonyl (C=O) groups is 1. The number of aromatic nitrogens is 1. The lowest BCUT2D eigenvalue weighted by molar-refractivity contribution is -0.137. The van der Waals surface area contributed by atoms with E-state index in [1.165, 1.54) is 19.1 Å². The maximum absolute atomic E-state index is 12.6. The SMILES string of the molecule is CC(=O)NCC=Cc1cnccc1C(F)(F)F. The number of carbonyl (C=O) groups excluding carboxylic acids is 1. The highest BCUT2D eigenvalue weighted by molar-refractivity contribution is 5.73. The summed E-state index contributed by atoms with van der Waals surface area (Å²) in [5.74, 6) is -0.239. The summed E-state index contributed by atoms with van der Waals surface area (Å²) in [4.78, 5) is 14.2. The van der Waals surface area contributed by atoms with Gasteiger partial charge in [0.05, 0.1) is 5.56 Å². The van der Waals surface area contributed by atoms with Gasteiger partial charge in [-0.05, 0) is 6.07 Å². The topological polar surface area (TPSA) is 42.0 Å². The van der Waals surface area contributed by atoms with E-state index >= 15 is 0 Å². The molecule has 1 rings (SSSR count). The van der Waals surface area contributed by atoms with Crippen molar-refractivity contribution in [3.63, 3.8) is 0 Å². The van der Waals surface area contributed by atoms with Gasteiger partial charge in [-0.2, -0.15) is 13.2 Å². The second-order valence-corrected chi connectivity index (χ2v) is 3.30. The van der Waals surface area contributed by atoms with Crippen molar-refractivity contribution in [3.05, 3.63) is 35.7 Å². The van der Waals surface area contributed by atoms with Crippen LogP contribution in [0.3, 0.4) is 0 Å². The minimum absolute atomic E-state index is 0.0228. The Hall–Kier alpha value is -1.85. The van der Waals surface area contributed by atoms with Gasteiger partial charge in [-0.25, -0.2) is 0 Å². The monoisotopic (exact) mass is 244 g/mol. The second-order valence-electron chi connectivity index (χ2n) is 3.30. The van der Waals surface area contributed by atoms with Crippen LogP contribution in [0.1, 0.15) is 18.1 Å². The van der Waals surface area contributed by atoms with Crippen molar-refractivity contribution >= 4 is 12.0 Å². The lowest BCUT2D eigenvalue weighted by Gasteiger charge is -2.09. The molecule has 1 amide bonds. The average molecular weight is 244 g/mol. The Balaban J connectivity index is 2.81. The number of nitrogens with one attached hydrogen (secondary N) is 1. The van der Waals surface area contributed by atoms with E-state index in [9.17, 15) is 18.0 Å². The van der Waals surface area contributed by atoms with E-state index in [0.29, 0.717) is 0 Å². The highest BCUT2D eigenvalue weighted by Gasteiger charge is 2.32. The maximum Gasteiger partial charge on any atom is 0.417 e. The number of nitrogens with zero attached hydrogens (tertiary/aromatic N) is 1. The molecule has 0 aliphatic carbocycles. The minimum atomic E-state index is -4.41. The summed E-state index contributed by atoms with van der Waals surface area (Å²) in [6.45, 7) is 1.51. The van der Waals surface area contributed by atoms with Crippen molar-refractivity contribution in [2.75, 3.05) is 6.54 Å². The van der Waals surface area contributed by atoms with Gasteiger partial charge in [0.15, 0.2) is 0 Å². The zero-order chi connectivity index (χ0) is 12.9. The highest BCUT2D eigenvalue weighted by atomic mass is 19.4. The van der Waals surface area contributed by atoms with Crippen molar-refractivity contribution < 1.29 is 18.0 Å². The molecule has 3 nitrogen and oxygen atoms in total. The largest absolute Gasteiger partial charge is 0.417 e. The summed E-state index contributed by atoms with van der Waals surface area (Å²) in [7, 11) is 0. The third-order valence-electron chi connectivity index (χ3n) is 1.92. The number of alkyl halides is 3. The number of pyridine rings is 1. The first-order valence-corrected chi connectivity index (χ1v) is 4.83. The normalized spacial score (nSPS) is 11.8. The van der Waals surface area contributed by atoms with Crippen molar-refractivity contribution in [1.29, 1.82) is 0 Å². The molecule has 0 unspecified atom stereocenters. The molecule has 0 saturated carbocycles. The summed E-state index contributed by atoms with van der Waals surface area (Å²) in [6, 6.07) is 0.915. The summed E-state index contributed by atoms with van der Waals surface area (Å²) >= 11 is 0. The van der Waals surface area contributed by atoms with Crippen LogP contribution in [0, 0.1) is 0 Å². The quantitative estimate of drug-likeness (QED) is 0.886. The molecular weight excluding hydrogens is 233 g/mol. The Morgan fingerprint density at radius 1 is 1.53 bits per heavy atom. The smallest absolute Gasteiger partial charge is 0.353 e. The standard InChI is InChI=1S/C11H11F3N2O/c1-8(17)16-5-2-3-9-7-15-6-4-10(9)11(12,13)14/h2-4,6-7H,5H2,1H3,(H,16,17). The Labute approximate surface area is 96.4 Å². The third-order valence-corrected chi connectivity index (χ3v) is 1.92. The zero-order valence-electron chi connectivity index (χ0n) is 9.08.